The van der Waals surface area contributed by atoms with Crippen molar-refractivity contribution in [3.05, 3.63) is 12.3 Å². The Kier molecular flexibility index (Phi) is 3.32. The van der Waals surface area contributed by atoms with E-state index in [0.29, 0.717) is 19.0 Å². The van der Waals surface area contributed by atoms with Crippen molar-refractivity contribution in [3.63, 3.8) is 0 Å². The molecular formula is C9H12N2O2. The van der Waals surface area contributed by atoms with E-state index in [0.717, 1.165) is 18.9 Å². The second kappa shape index (κ2) is 4.51. The summed E-state index contributed by atoms with van der Waals surface area (Å²) >= 11 is 0. The van der Waals surface area contributed by atoms with E-state index in [1.165, 1.54) is 0 Å². The van der Waals surface area contributed by atoms with E-state index in [4.69, 9.17) is 10.4 Å². The molecule has 0 aromatic heterocycles. The fraction of sp³-hybridized carbons (Fsp3) is 0.556. The summed E-state index contributed by atoms with van der Waals surface area (Å²) in [5.41, 5.74) is 0. The molecule has 0 heterocycles. The van der Waals surface area contributed by atoms with Crippen LogP contribution in [0, 0.1) is 11.3 Å². The second-order valence-corrected chi connectivity index (χ2v) is 3.03. The van der Waals surface area contributed by atoms with Crippen molar-refractivity contribution in [1.82, 2.24) is 4.90 Å². The van der Waals surface area contributed by atoms with E-state index in [1.807, 2.05) is 11.0 Å². The monoisotopic (exact) mass is 180 g/mol. The summed E-state index contributed by atoms with van der Waals surface area (Å²) < 4.78 is 0. The molecule has 1 fully saturated rings. The summed E-state index contributed by atoms with van der Waals surface area (Å²) in [6, 6.07) is 2.51. The topological polar surface area (TPSA) is 64.3 Å². The van der Waals surface area contributed by atoms with Gasteiger partial charge in [-0.15, -0.1) is 0 Å². The Hall–Kier alpha value is -1.50. The van der Waals surface area contributed by atoms with Crippen LogP contribution in [0.1, 0.15) is 19.3 Å². The van der Waals surface area contributed by atoms with Crippen molar-refractivity contribution in [2.24, 2.45) is 0 Å². The fourth-order valence-electron chi connectivity index (χ4n) is 1.12. The molecule has 1 rings (SSSR count). The summed E-state index contributed by atoms with van der Waals surface area (Å²) in [5, 5.41) is 16.8. The summed E-state index contributed by atoms with van der Waals surface area (Å²) in [6.07, 6.45) is 5.35. The third-order valence-electron chi connectivity index (χ3n) is 1.91. The van der Waals surface area contributed by atoms with Crippen molar-refractivity contribution in [1.29, 1.82) is 5.26 Å². The van der Waals surface area contributed by atoms with E-state index in [-0.39, 0.29) is 0 Å². The first-order valence-corrected chi connectivity index (χ1v) is 4.28. The van der Waals surface area contributed by atoms with Gasteiger partial charge in [-0.05, 0) is 12.8 Å². The number of nitrogens with zero attached hydrogens (tertiary/aromatic N) is 2. The summed E-state index contributed by atoms with van der Waals surface area (Å²) in [4.78, 5) is 12.2. The Morgan fingerprint density at radius 1 is 1.69 bits per heavy atom. The van der Waals surface area contributed by atoms with Crippen LogP contribution in [0.2, 0.25) is 0 Å². The zero-order valence-electron chi connectivity index (χ0n) is 7.31. The smallest absolute Gasteiger partial charge is 0.329 e. The van der Waals surface area contributed by atoms with Crippen molar-refractivity contribution in [2.75, 3.05) is 6.54 Å². The Morgan fingerprint density at radius 2 is 2.38 bits per heavy atom. The Morgan fingerprint density at radius 3 is 2.85 bits per heavy atom. The second-order valence-electron chi connectivity index (χ2n) is 3.03. The van der Waals surface area contributed by atoms with Crippen molar-refractivity contribution >= 4 is 5.97 Å². The predicted octanol–water partition coefficient (Wildman–Crippen LogP) is 0.963. The van der Waals surface area contributed by atoms with Crippen LogP contribution in [0.25, 0.3) is 0 Å². The van der Waals surface area contributed by atoms with Crippen LogP contribution >= 0.6 is 0 Å². The van der Waals surface area contributed by atoms with E-state index in [1.54, 1.807) is 6.20 Å². The van der Waals surface area contributed by atoms with Gasteiger partial charge in [-0.25, -0.2) is 4.79 Å². The van der Waals surface area contributed by atoms with E-state index in [9.17, 15) is 4.79 Å². The molecule has 13 heavy (non-hydrogen) atoms. The molecule has 4 heteroatoms. The molecule has 0 aliphatic heterocycles. The zero-order valence-corrected chi connectivity index (χ0v) is 7.31. The number of nitriles is 1. The number of carboxylic acids is 1. The highest BCUT2D eigenvalue weighted by molar-refractivity contribution is 5.79. The van der Waals surface area contributed by atoms with Crippen LogP contribution in [0.15, 0.2) is 12.3 Å². The maximum absolute atomic E-state index is 10.2. The van der Waals surface area contributed by atoms with Crippen molar-refractivity contribution in [2.45, 2.75) is 25.3 Å². The van der Waals surface area contributed by atoms with E-state index >= 15 is 0 Å². The van der Waals surface area contributed by atoms with Gasteiger partial charge in [-0.3, -0.25) is 0 Å². The normalized spacial score (nSPS) is 15.6. The van der Waals surface area contributed by atoms with Gasteiger partial charge >= 0.3 is 5.97 Å². The lowest BCUT2D eigenvalue weighted by molar-refractivity contribution is -0.131. The number of carboxylic acid groups (broad SMARTS) is 1. The van der Waals surface area contributed by atoms with Gasteiger partial charge in [0.15, 0.2) is 0 Å². The molecule has 0 radical (unpaired) electrons. The van der Waals surface area contributed by atoms with Crippen LogP contribution in [0.5, 0.6) is 0 Å². The SMILES string of the molecule is N#CCCN(C=CC(=O)O)C1CC1. The molecule has 70 valence electrons. The third-order valence-corrected chi connectivity index (χ3v) is 1.91. The van der Waals surface area contributed by atoms with Crippen LogP contribution in [0.4, 0.5) is 0 Å². The number of hydrogen-bond donors (Lipinski definition) is 1. The number of aliphatic carboxylic acids is 1. The van der Waals surface area contributed by atoms with Crippen molar-refractivity contribution in [3.8, 4) is 6.07 Å². The van der Waals surface area contributed by atoms with Gasteiger partial charge in [-0.2, -0.15) is 5.26 Å². The van der Waals surface area contributed by atoms with Crippen LogP contribution in [0.3, 0.4) is 0 Å². The van der Waals surface area contributed by atoms with Gasteiger partial charge in [0.1, 0.15) is 0 Å². The van der Waals surface area contributed by atoms with Gasteiger partial charge in [0.25, 0.3) is 0 Å². The molecule has 4 nitrogen and oxygen atoms in total. The lowest BCUT2D eigenvalue weighted by atomic mass is 10.4. The molecule has 0 saturated heterocycles. The quantitative estimate of drug-likeness (QED) is 0.640. The van der Waals surface area contributed by atoms with Crippen LogP contribution < -0.4 is 0 Å². The molecule has 0 aromatic rings. The standard InChI is InChI=1S/C9H12N2O2/c10-5-1-6-11(8-2-3-8)7-4-9(12)13/h4,7-8H,1-3,6H2,(H,12,13). The first-order valence-electron chi connectivity index (χ1n) is 4.28. The molecule has 1 aliphatic carbocycles. The Balaban J connectivity index is 2.38. The van der Waals surface area contributed by atoms with Gasteiger partial charge in [-0.1, -0.05) is 0 Å². The molecule has 0 unspecified atom stereocenters. The zero-order chi connectivity index (χ0) is 9.68. The third kappa shape index (κ3) is 3.61. The summed E-state index contributed by atoms with van der Waals surface area (Å²) in [7, 11) is 0. The predicted molar refractivity (Wildman–Crippen MR) is 46.7 cm³/mol. The highest BCUT2D eigenvalue weighted by Gasteiger charge is 2.26. The minimum absolute atomic E-state index is 0.445. The average molecular weight is 180 g/mol. The highest BCUT2D eigenvalue weighted by atomic mass is 16.4. The van der Waals surface area contributed by atoms with E-state index < -0.39 is 5.97 Å². The molecule has 0 bridgehead atoms. The number of carbonyl (C=O) groups is 1. The van der Waals surface area contributed by atoms with Gasteiger partial charge in [0, 0.05) is 24.9 Å². The van der Waals surface area contributed by atoms with Gasteiger partial charge in [0.05, 0.1) is 12.5 Å². The first kappa shape index (κ1) is 9.59. The molecule has 0 amide bonds. The first-order chi connectivity index (χ1) is 6.24. The average Bonchev–Trinajstić information content (AvgIpc) is 2.87. The molecule has 0 aromatic carbocycles. The lowest BCUT2D eigenvalue weighted by Crippen LogP contribution is -2.21. The Labute approximate surface area is 77.1 Å². The largest absolute Gasteiger partial charge is 0.478 e. The fourth-order valence-corrected chi connectivity index (χ4v) is 1.12. The van der Waals surface area contributed by atoms with Crippen LogP contribution in [-0.4, -0.2) is 28.6 Å². The maximum atomic E-state index is 10.2. The number of hydrogen-bond acceptors (Lipinski definition) is 3. The van der Waals surface area contributed by atoms with Gasteiger partial charge < -0.3 is 10.0 Å². The minimum atomic E-state index is -0.942. The summed E-state index contributed by atoms with van der Waals surface area (Å²) in [5.74, 6) is -0.942. The molecular weight excluding hydrogens is 168 g/mol. The van der Waals surface area contributed by atoms with Crippen molar-refractivity contribution < 1.29 is 9.90 Å². The molecule has 1 aliphatic rings. The molecule has 1 saturated carbocycles. The lowest BCUT2D eigenvalue weighted by Gasteiger charge is -2.17. The Bertz CT molecular complexity index is 251. The molecule has 1 N–H and O–H groups in total. The highest BCUT2D eigenvalue weighted by Crippen LogP contribution is 2.26. The van der Waals surface area contributed by atoms with Gasteiger partial charge in [0.2, 0.25) is 0 Å². The maximum Gasteiger partial charge on any atom is 0.329 e. The number of rotatable bonds is 5. The summed E-state index contributed by atoms with van der Waals surface area (Å²) in [6.45, 7) is 0.630. The molecule has 0 atom stereocenters. The van der Waals surface area contributed by atoms with E-state index in [2.05, 4.69) is 0 Å². The molecule has 0 spiro atoms. The van der Waals surface area contributed by atoms with Crippen LogP contribution in [-0.2, 0) is 4.79 Å². The minimum Gasteiger partial charge on any atom is -0.478 e.